The zero-order valence-electron chi connectivity index (χ0n) is 11.3. The number of carboxylic acid groups (broad SMARTS) is 1. The molecular formula is C13H20N2O2S. The van der Waals surface area contributed by atoms with Gasteiger partial charge in [0.25, 0.3) is 0 Å². The van der Waals surface area contributed by atoms with E-state index in [4.69, 9.17) is 0 Å². The van der Waals surface area contributed by atoms with Crippen LogP contribution in [0.3, 0.4) is 0 Å². The van der Waals surface area contributed by atoms with Crippen LogP contribution in [0.15, 0.2) is 6.07 Å². The largest absolute Gasteiger partial charge is 0.478 e. The molecule has 0 amide bonds. The molecule has 0 saturated carbocycles. The molecule has 2 N–H and O–H groups in total. The Morgan fingerprint density at radius 3 is 2.78 bits per heavy atom. The van der Waals surface area contributed by atoms with Gasteiger partial charge in [0.1, 0.15) is 5.56 Å². The zero-order chi connectivity index (χ0) is 13.7. The smallest absolute Gasteiger partial charge is 0.339 e. The molecule has 1 aromatic heterocycles. The van der Waals surface area contributed by atoms with Crippen molar-refractivity contribution < 1.29 is 9.90 Å². The van der Waals surface area contributed by atoms with Gasteiger partial charge in [0.15, 0.2) is 0 Å². The van der Waals surface area contributed by atoms with E-state index in [0.29, 0.717) is 16.6 Å². The minimum absolute atomic E-state index is 0.275. The lowest BCUT2D eigenvalue weighted by Gasteiger charge is -2.14. The predicted molar refractivity (Wildman–Crippen MR) is 76.8 cm³/mol. The maximum absolute atomic E-state index is 11.2. The Morgan fingerprint density at radius 1 is 1.56 bits per heavy atom. The van der Waals surface area contributed by atoms with E-state index in [-0.39, 0.29) is 5.56 Å². The summed E-state index contributed by atoms with van der Waals surface area (Å²) < 4.78 is 0. The number of aromatic carboxylic acids is 1. The molecule has 100 valence electrons. The van der Waals surface area contributed by atoms with Gasteiger partial charge in [-0.05, 0) is 32.6 Å². The second kappa shape index (κ2) is 6.64. The van der Waals surface area contributed by atoms with Gasteiger partial charge in [0.05, 0.1) is 11.4 Å². The molecule has 0 aliphatic heterocycles. The fraction of sp³-hybridized carbons (Fsp3) is 0.538. The Morgan fingerprint density at radius 2 is 2.22 bits per heavy atom. The van der Waals surface area contributed by atoms with Crippen LogP contribution >= 0.6 is 11.8 Å². The molecule has 5 heteroatoms. The first kappa shape index (κ1) is 14.8. The monoisotopic (exact) mass is 268 g/mol. The minimum Gasteiger partial charge on any atom is -0.478 e. The van der Waals surface area contributed by atoms with Crippen LogP contribution in [0.25, 0.3) is 0 Å². The Labute approximate surface area is 112 Å². The second-order valence-electron chi connectivity index (χ2n) is 4.34. The highest BCUT2D eigenvalue weighted by molar-refractivity contribution is 7.99. The average molecular weight is 268 g/mol. The van der Waals surface area contributed by atoms with Crippen molar-refractivity contribution in [3.63, 3.8) is 0 Å². The molecule has 18 heavy (non-hydrogen) atoms. The van der Waals surface area contributed by atoms with Crippen molar-refractivity contribution in [2.24, 2.45) is 0 Å². The maximum atomic E-state index is 11.2. The van der Waals surface area contributed by atoms with E-state index in [0.717, 1.165) is 18.7 Å². The molecule has 0 fully saturated rings. The number of carbonyl (C=O) groups is 1. The van der Waals surface area contributed by atoms with Crippen LogP contribution in [-0.2, 0) is 0 Å². The summed E-state index contributed by atoms with van der Waals surface area (Å²) in [4.78, 5) is 15.4. The number of anilines is 1. The van der Waals surface area contributed by atoms with Crippen molar-refractivity contribution in [1.82, 2.24) is 4.98 Å². The molecule has 0 radical (unpaired) electrons. The van der Waals surface area contributed by atoms with E-state index in [1.165, 1.54) is 0 Å². The molecule has 1 atom stereocenters. The van der Waals surface area contributed by atoms with Crippen LogP contribution in [0.5, 0.6) is 0 Å². The first-order valence-corrected chi connectivity index (χ1v) is 7.22. The maximum Gasteiger partial charge on any atom is 0.339 e. The van der Waals surface area contributed by atoms with E-state index in [2.05, 4.69) is 23.5 Å². The number of aryl methyl sites for hydroxylation is 2. The number of nitrogens with one attached hydrogen (secondary N) is 1. The predicted octanol–water partition coefficient (Wildman–Crippen LogP) is 2.95. The molecule has 1 unspecified atom stereocenters. The van der Waals surface area contributed by atoms with Crippen LogP contribution < -0.4 is 5.32 Å². The van der Waals surface area contributed by atoms with Gasteiger partial charge < -0.3 is 10.4 Å². The third-order valence-corrected chi connectivity index (χ3v) is 3.85. The fourth-order valence-electron chi connectivity index (χ4n) is 1.77. The van der Waals surface area contributed by atoms with Crippen LogP contribution in [0.4, 0.5) is 5.69 Å². The topological polar surface area (TPSA) is 62.2 Å². The molecule has 1 aromatic rings. The van der Waals surface area contributed by atoms with Crippen molar-refractivity contribution in [1.29, 1.82) is 0 Å². The Bertz CT molecular complexity index is 435. The molecule has 0 saturated heterocycles. The van der Waals surface area contributed by atoms with Gasteiger partial charge in [0.2, 0.25) is 0 Å². The highest BCUT2D eigenvalue weighted by Crippen LogP contribution is 2.20. The van der Waals surface area contributed by atoms with E-state index in [1.807, 2.05) is 18.7 Å². The molecule has 1 rings (SSSR count). The van der Waals surface area contributed by atoms with Crippen LogP contribution in [0.2, 0.25) is 0 Å². The third kappa shape index (κ3) is 3.91. The summed E-state index contributed by atoms with van der Waals surface area (Å²) in [5.41, 5.74) is 2.33. The lowest BCUT2D eigenvalue weighted by atomic mass is 10.1. The van der Waals surface area contributed by atoms with E-state index in [9.17, 15) is 9.90 Å². The average Bonchev–Trinajstić information content (AvgIpc) is 2.27. The van der Waals surface area contributed by atoms with Gasteiger partial charge in [-0.3, -0.25) is 4.98 Å². The quantitative estimate of drug-likeness (QED) is 0.830. The van der Waals surface area contributed by atoms with Crippen LogP contribution in [0, 0.1) is 13.8 Å². The van der Waals surface area contributed by atoms with Crippen molar-refractivity contribution in [2.45, 2.75) is 32.4 Å². The summed E-state index contributed by atoms with van der Waals surface area (Å²) in [7, 11) is 0. The normalized spacial score (nSPS) is 12.2. The number of rotatable bonds is 6. The van der Waals surface area contributed by atoms with Crippen molar-refractivity contribution in [3.05, 3.63) is 23.0 Å². The van der Waals surface area contributed by atoms with Gasteiger partial charge in [-0.25, -0.2) is 4.79 Å². The fourth-order valence-corrected chi connectivity index (χ4v) is 2.12. The summed E-state index contributed by atoms with van der Waals surface area (Å²) in [6, 6.07) is 1.79. The number of pyridine rings is 1. The van der Waals surface area contributed by atoms with Gasteiger partial charge in [-0.1, -0.05) is 6.92 Å². The molecule has 1 heterocycles. The standard InChI is InChI=1S/C13H20N2O2S/c1-8-7-11(14-6-5-9(2)18-4)12(13(16)17)10(3)15-8/h7,9H,5-6H2,1-4H3,(H,14,15)(H,16,17). The van der Waals surface area contributed by atoms with Gasteiger partial charge in [0, 0.05) is 17.5 Å². The number of hydrogen-bond acceptors (Lipinski definition) is 4. The molecule has 0 aromatic carbocycles. The number of carboxylic acids is 1. The van der Waals surface area contributed by atoms with E-state index >= 15 is 0 Å². The highest BCUT2D eigenvalue weighted by Gasteiger charge is 2.15. The van der Waals surface area contributed by atoms with Crippen molar-refractivity contribution in [3.8, 4) is 0 Å². The lowest BCUT2D eigenvalue weighted by molar-refractivity contribution is 0.0696. The second-order valence-corrected chi connectivity index (χ2v) is 5.61. The molecular weight excluding hydrogens is 248 g/mol. The van der Waals surface area contributed by atoms with Crippen LogP contribution in [-0.4, -0.2) is 34.1 Å². The first-order valence-electron chi connectivity index (χ1n) is 5.94. The summed E-state index contributed by atoms with van der Waals surface area (Å²) in [6.45, 7) is 6.53. The van der Waals surface area contributed by atoms with Gasteiger partial charge >= 0.3 is 5.97 Å². The summed E-state index contributed by atoms with van der Waals surface area (Å²) in [6.07, 6.45) is 3.08. The Balaban J connectivity index is 2.83. The van der Waals surface area contributed by atoms with E-state index in [1.54, 1.807) is 13.0 Å². The first-order chi connectivity index (χ1) is 8.45. The third-order valence-electron chi connectivity index (χ3n) is 2.81. The molecule has 0 bridgehead atoms. The summed E-state index contributed by atoms with van der Waals surface area (Å²) in [5, 5.41) is 13.0. The zero-order valence-corrected chi connectivity index (χ0v) is 12.1. The molecule has 0 spiro atoms. The Hall–Kier alpha value is -1.23. The Kier molecular flexibility index (Phi) is 5.47. The minimum atomic E-state index is -0.930. The van der Waals surface area contributed by atoms with Crippen molar-refractivity contribution in [2.75, 3.05) is 18.1 Å². The highest BCUT2D eigenvalue weighted by atomic mass is 32.2. The molecule has 0 aliphatic carbocycles. The lowest BCUT2D eigenvalue weighted by Crippen LogP contribution is -2.13. The molecule has 4 nitrogen and oxygen atoms in total. The number of aromatic nitrogens is 1. The number of nitrogens with zero attached hydrogens (tertiary/aromatic N) is 1. The molecule has 0 aliphatic rings. The van der Waals surface area contributed by atoms with Crippen molar-refractivity contribution >= 4 is 23.4 Å². The SMILES string of the molecule is CSC(C)CCNc1cc(C)nc(C)c1C(=O)O. The van der Waals surface area contributed by atoms with Gasteiger partial charge in [-0.2, -0.15) is 11.8 Å². The summed E-state index contributed by atoms with van der Waals surface area (Å²) >= 11 is 1.81. The van der Waals surface area contributed by atoms with Gasteiger partial charge in [-0.15, -0.1) is 0 Å². The van der Waals surface area contributed by atoms with Crippen LogP contribution in [0.1, 0.15) is 35.1 Å². The number of thioether (sulfide) groups is 1. The number of hydrogen-bond donors (Lipinski definition) is 2. The summed E-state index contributed by atoms with van der Waals surface area (Å²) in [5.74, 6) is -0.930. The van der Waals surface area contributed by atoms with E-state index < -0.39 is 5.97 Å².